The van der Waals surface area contributed by atoms with Crippen LogP contribution in [0.1, 0.15) is 19.8 Å². The number of rotatable bonds is 6. The summed E-state index contributed by atoms with van der Waals surface area (Å²) in [6, 6.07) is 0.225. The summed E-state index contributed by atoms with van der Waals surface area (Å²) >= 11 is 0. The fourth-order valence-electron chi connectivity index (χ4n) is 1.88. The Morgan fingerprint density at radius 2 is 2.18 bits per heavy atom. The zero-order chi connectivity index (χ0) is 12.8. The van der Waals surface area contributed by atoms with Gasteiger partial charge in [0.1, 0.15) is 0 Å². The average molecular weight is 243 g/mol. The van der Waals surface area contributed by atoms with Crippen molar-refractivity contribution in [2.75, 3.05) is 26.7 Å². The van der Waals surface area contributed by atoms with Crippen molar-refractivity contribution in [3.63, 3.8) is 0 Å². The number of nitrogens with two attached hydrogens (primary N) is 1. The minimum absolute atomic E-state index is 0.164. The molecule has 3 N–H and O–H groups in total. The van der Waals surface area contributed by atoms with Crippen LogP contribution in [0.25, 0.3) is 0 Å². The molecule has 17 heavy (non-hydrogen) atoms. The Kier molecular flexibility index (Phi) is 5.37. The Labute approximate surface area is 101 Å². The van der Waals surface area contributed by atoms with Crippen LogP contribution in [-0.2, 0) is 9.53 Å². The van der Waals surface area contributed by atoms with Gasteiger partial charge in [0.25, 0.3) is 0 Å². The molecule has 0 bridgehead atoms. The lowest BCUT2D eigenvalue weighted by Gasteiger charge is -2.25. The quantitative estimate of drug-likeness (QED) is 0.682. The molecule has 0 aromatic heterocycles. The molecular weight excluding hydrogens is 222 g/mol. The average Bonchev–Trinajstić information content (AvgIpc) is 3.02. The van der Waals surface area contributed by atoms with Crippen LogP contribution in [0.4, 0.5) is 4.79 Å². The lowest BCUT2D eigenvalue weighted by molar-refractivity contribution is -0.121. The molecule has 0 heterocycles. The maximum absolute atomic E-state index is 11.5. The van der Waals surface area contributed by atoms with Crippen LogP contribution in [0.15, 0.2) is 0 Å². The van der Waals surface area contributed by atoms with E-state index in [1.807, 2.05) is 11.9 Å². The first-order valence-corrected chi connectivity index (χ1v) is 5.95. The van der Waals surface area contributed by atoms with Crippen LogP contribution in [-0.4, -0.2) is 49.7 Å². The molecule has 0 aromatic carbocycles. The second-order valence-corrected chi connectivity index (χ2v) is 4.32. The van der Waals surface area contributed by atoms with Gasteiger partial charge in [0.05, 0.1) is 13.2 Å². The van der Waals surface area contributed by atoms with E-state index in [4.69, 9.17) is 5.73 Å². The monoisotopic (exact) mass is 243 g/mol. The van der Waals surface area contributed by atoms with Gasteiger partial charge in [-0.05, 0) is 32.7 Å². The molecule has 6 heteroatoms. The number of nitrogens with zero attached hydrogens (tertiary/aromatic N) is 1. The van der Waals surface area contributed by atoms with Gasteiger partial charge in [0.2, 0.25) is 5.91 Å². The molecule has 0 aliphatic heterocycles. The van der Waals surface area contributed by atoms with Gasteiger partial charge in [-0.1, -0.05) is 0 Å². The van der Waals surface area contributed by atoms with Gasteiger partial charge >= 0.3 is 6.09 Å². The summed E-state index contributed by atoms with van der Waals surface area (Å²) in [6.07, 6.45) is 1.65. The second kappa shape index (κ2) is 6.56. The van der Waals surface area contributed by atoms with Crippen LogP contribution in [0, 0.1) is 5.92 Å². The molecule has 0 spiro atoms. The number of carbonyl (C=O) groups excluding carboxylic acids is 2. The molecule has 0 radical (unpaired) electrons. The van der Waals surface area contributed by atoms with Gasteiger partial charge in [-0.2, -0.15) is 0 Å². The summed E-state index contributed by atoms with van der Waals surface area (Å²) in [5.74, 6) is 0.241. The normalized spacial score (nSPS) is 16.7. The van der Waals surface area contributed by atoms with E-state index in [1.165, 1.54) is 12.8 Å². The third-order valence-corrected chi connectivity index (χ3v) is 2.88. The fourth-order valence-corrected chi connectivity index (χ4v) is 1.88. The van der Waals surface area contributed by atoms with E-state index in [-0.39, 0.29) is 25.1 Å². The van der Waals surface area contributed by atoms with Crippen LogP contribution >= 0.6 is 0 Å². The summed E-state index contributed by atoms with van der Waals surface area (Å²) in [5, 5.41) is 2.17. The van der Waals surface area contributed by atoms with E-state index in [1.54, 1.807) is 6.92 Å². The number of hydrogen-bond acceptors (Lipinski definition) is 5. The summed E-state index contributed by atoms with van der Waals surface area (Å²) in [7, 11) is 1.85. The van der Waals surface area contributed by atoms with E-state index in [0.717, 1.165) is 0 Å². The molecular formula is C11H21N3O3. The van der Waals surface area contributed by atoms with Crippen molar-refractivity contribution in [2.24, 2.45) is 11.7 Å². The molecule has 98 valence electrons. The molecule has 1 aliphatic rings. The minimum atomic E-state index is -0.693. The number of alkyl carbamates (subject to hydrolysis) is 1. The van der Waals surface area contributed by atoms with Crippen LogP contribution in [0.2, 0.25) is 0 Å². The summed E-state index contributed by atoms with van der Waals surface area (Å²) in [6.45, 7) is 2.64. The van der Waals surface area contributed by atoms with E-state index in [9.17, 15) is 9.59 Å². The van der Waals surface area contributed by atoms with Crippen molar-refractivity contribution in [3.05, 3.63) is 0 Å². The first kappa shape index (κ1) is 13.9. The molecule has 1 aliphatic carbocycles. The molecule has 0 aromatic rings. The predicted molar refractivity (Wildman–Crippen MR) is 63.4 cm³/mol. The van der Waals surface area contributed by atoms with Crippen molar-refractivity contribution in [1.82, 2.24) is 10.2 Å². The van der Waals surface area contributed by atoms with E-state index in [2.05, 4.69) is 10.1 Å². The van der Waals surface area contributed by atoms with Gasteiger partial charge in [-0.15, -0.1) is 0 Å². The molecule has 1 fully saturated rings. The maximum atomic E-state index is 11.5. The van der Waals surface area contributed by atoms with Crippen LogP contribution < -0.4 is 11.1 Å². The Morgan fingerprint density at radius 3 is 2.65 bits per heavy atom. The highest BCUT2D eigenvalue weighted by Gasteiger charge is 2.33. The SMILES string of the molecule is CCOC(=O)NC(=O)CN(C)C(CN)C1CC1. The molecule has 6 nitrogen and oxygen atoms in total. The summed E-state index contributed by atoms with van der Waals surface area (Å²) < 4.78 is 4.63. The first-order chi connectivity index (χ1) is 8.08. The van der Waals surface area contributed by atoms with Gasteiger partial charge in [0, 0.05) is 12.6 Å². The van der Waals surface area contributed by atoms with E-state index >= 15 is 0 Å². The lowest BCUT2D eigenvalue weighted by atomic mass is 10.1. The zero-order valence-corrected chi connectivity index (χ0v) is 10.4. The largest absolute Gasteiger partial charge is 0.450 e. The highest BCUT2D eigenvalue weighted by molar-refractivity contribution is 5.92. The number of carbonyl (C=O) groups is 2. The number of imide groups is 1. The smallest absolute Gasteiger partial charge is 0.413 e. The number of ether oxygens (including phenoxy) is 1. The van der Waals surface area contributed by atoms with E-state index in [0.29, 0.717) is 12.5 Å². The number of hydrogen-bond donors (Lipinski definition) is 2. The summed E-state index contributed by atoms with van der Waals surface area (Å²) in [5.41, 5.74) is 5.67. The topological polar surface area (TPSA) is 84.7 Å². The maximum Gasteiger partial charge on any atom is 0.413 e. The van der Waals surface area contributed by atoms with Crippen molar-refractivity contribution in [1.29, 1.82) is 0 Å². The van der Waals surface area contributed by atoms with E-state index < -0.39 is 6.09 Å². The molecule has 2 amide bonds. The lowest BCUT2D eigenvalue weighted by Crippen LogP contribution is -2.46. The first-order valence-electron chi connectivity index (χ1n) is 5.95. The predicted octanol–water partition coefficient (Wildman–Crippen LogP) is -0.0718. The standard InChI is InChI=1S/C11H21N3O3/c1-3-17-11(16)13-10(15)7-14(2)9(6-12)8-4-5-8/h8-9H,3-7,12H2,1-2H3,(H,13,15,16). The third-order valence-electron chi connectivity index (χ3n) is 2.88. The Bertz CT molecular complexity index is 279. The molecule has 1 unspecified atom stereocenters. The van der Waals surface area contributed by atoms with Crippen molar-refractivity contribution < 1.29 is 14.3 Å². The van der Waals surface area contributed by atoms with Crippen LogP contribution in [0.5, 0.6) is 0 Å². The number of likely N-dealkylation sites (N-methyl/N-ethyl adjacent to an activating group) is 1. The number of amides is 2. The number of nitrogens with one attached hydrogen (secondary N) is 1. The molecule has 0 saturated heterocycles. The Morgan fingerprint density at radius 1 is 1.53 bits per heavy atom. The van der Waals surface area contributed by atoms with Crippen molar-refractivity contribution >= 4 is 12.0 Å². The van der Waals surface area contributed by atoms with Gasteiger partial charge < -0.3 is 10.5 Å². The third kappa shape index (κ3) is 4.70. The van der Waals surface area contributed by atoms with Crippen LogP contribution in [0.3, 0.4) is 0 Å². The molecule has 1 rings (SSSR count). The van der Waals surface area contributed by atoms with Crippen molar-refractivity contribution in [2.45, 2.75) is 25.8 Å². The molecule has 1 saturated carbocycles. The van der Waals surface area contributed by atoms with Crippen molar-refractivity contribution in [3.8, 4) is 0 Å². The molecule has 1 atom stereocenters. The van der Waals surface area contributed by atoms with Gasteiger partial charge in [-0.25, -0.2) is 4.79 Å². The second-order valence-electron chi connectivity index (χ2n) is 4.32. The van der Waals surface area contributed by atoms with Gasteiger partial charge in [0.15, 0.2) is 0 Å². The fraction of sp³-hybridized carbons (Fsp3) is 0.818. The Hall–Kier alpha value is -1.14. The highest BCUT2D eigenvalue weighted by atomic mass is 16.5. The zero-order valence-electron chi connectivity index (χ0n) is 10.4. The Balaban J connectivity index is 2.31. The van der Waals surface area contributed by atoms with Gasteiger partial charge in [-0.3, -0.25) is 15.0 Å². The highest BCUT2D eigenvalue weighted by Crippen LogP contribution is 2.34. The minimum Gasteiger partial charge on any atom is -0.450 e. The summed E-state index contributed by atoms with van der Waals surface area (Å²) in [4.78, 5) is 24.4.